The van der Waals surface area contributed by atoms with Gasteiger partial charge in [0.1, 0.15) is 0 Å². The summed E-state index contributed by atoms with van der Waals surface area (Å²) in [4.78, 5) is 9.93. The summed E-state index contributed by atoms with van der Waals surface area (Å²) in [6, 6.07) is 9.29. The molecule has 0 bridgehead atoms. The first-order valence-corrected chi connectivity index (χ1v) is 5.93. The first kappa shape index (κ1) is 12.3. The van der Waals surface area contributed by atoms with Crippen LogP contribution in [0.25, 0.3) is 0 Å². The van der Waals surface area contributed by atoms with E-state index in [2.05, 4.69) is 32.0 Å². The van der Waals surface area contributed by atoms with Gasteiger partial charge in [-0.25, -0.2) is 4.98 Å². The number of nitrogen functional groups attached to an aromatic ring is 1. The van der Waals surface area contributed by atoms with E-state index in [4.69, 9.17) is 11.0 Å². The van der Waals surface area contributed by atoms with E-state index in [1.807, 2.05) is 24.1 Å². The molecule has 0 unspecified atom stereocenters. The molecule has 0 atom stereocenters. The van der Waals surface area contributed by atoms with Gasteiger partial charge >= 0.3 is 0 Å². The molecule has 1 heterocycles. The molecule has 1 aromatic carbocycles. The monoisotopic (exact) mass is 303 g/mol. The van der Waals surface area contributed by atoms with Gasteiger partial charge < -0.3 is 10.6 Å². The number of halogens is 1. The lowest BCUT2D eigenvalue weighted by Gasteiger charge is -2.19. The Morgan fingerprint density at radius 3 is 2.61 bits per heavy atom. The molecule has 0 saturated heterocycles. The molecule has 5 nitrogen and oxygen atoms in total. The first-order chi connectivity index (χ1) is 8.61. The Labute approximate surface area is 113 Å². The second-order valence-corrected chi connectivity index (χ2v) is 4.47. The largest absolute Gasteiger partial charge is 0.368 e. The Balaban J connectivity index is 2.38. The molecule has 0 spiro atoms. The molecule has 6 heteroatoms. The van der Waals surface area contributed by atoms with Crippen molar-refractivity contribution in [3.05, 3.63) is 40.5 Å². The molecule has 0 aliphatic rings. The summed E-state index contributed by atoms with van der Waals surface area (Å²) < 4.78 is 0.753. The molecule has 18 heavy (non-hydrogen) atoms. The van der Waals surface area contributed by atoms with E-state index in [9.17, 15) is 0 Å². The second kappa shape index (κ2) is 5.02. The highest BCUT2D eigenvalue weighted by molar-refractivity contribution is 9.10. The number of aromatic nitrogens is 2. The Hall–Kier alpha value is -2.13. The van der Waals surface area contributed by atoms with Crippen LogP contribution in [0, 0.1) is 11.3 Å². The summed E-state index contributed by atoms with van der Waals surface area (Å²) in [5.74, 6) is 0.890. The zero-order valence-corrected chi connectivity index (χ0v) is 11.2. The van der Waals surface area contributed by atoms with Crippen LogP contribution in [-0.4, -0.2) is 17.0 Å². The third-order valence-electron chi connectivity index (χ3n) is 2.45. The molecule has 2 aromatic rings. The molecule has 2 N–H and O–H groups in total. The molecular weight excluding hydrogens is 294 g/mol. The Kier molecular flexibility index (Phi) is 3.44. The summed E-state index contributed by atoms with van der Waals surface area (Å²) in [6.07, 6.45) is 1.61. The van der Waals surface area contributed by atoms with Gasteiger partial charge in [0.15, 0.2) is 5.82 Å². The lowest BCUT2D eigenvalue weighted by atomic mass is 10.2. The smallest absolute Gasteiger partial charge is 0.222 e. The topological polar surface area (TPSA) is 78.8 Å². The van der Waals surface area contributed by atoms with Gasteiger partial charge in [-0.15, -0.1) is 0 Å². The van der Waals surface area contributed by atoms with Crippen molar-refractivity contribution < 1.29 is 0 Å². The van der Waals surface area contributed by atoms with Crippen molar-refractivity contribution in [1.82, 2.24) is 9.97 Å². The van der Waals surface area contributed by atoms with Crippen LogP contribution in [-0.2, 0) is 0 Å². The van der Waals surface area contributed by atoms with Crippen molar-refractivity contribution in [1.29, 1.82) is 5.26 Å². The molecule has 1 aromatic heterocycles. The number of benzene rings is 1. The average molecular weight is 304 g/mol. The number of nitrogens with two attached hydrogens (primary N) is 1. The van der Waals surface area contributed by atoms with Gasteiger partial charge in [0, 0.05) is 18.9 Å². The van der Waals surface area contributed by atoms with Gasteiger partial charge in [0.2, 0.25) is 5.95 Å². The summed E-state index contributed by atoms with van der Waals surface area (Å²) in [7, 11) is 1.87. The van der Waals surface area contributed by atoms with Crippen molar-refractivity contribution in [2.24, 2.45) is 0 Å². The molecule has 0 fully saturated rings. The van der Waals surface area contributed by atoms with Gasteiger partial charge in [0.05, 0.1) is 16.1 Å². The number of nitriles is 1. The number of anilines is 3. The number of hydrogen-bond acceptors (Lipinski definition) is 5. The molecule has 0 aliphatic carbocycles. The molecule has 0 amide bonds. The standard InChI is InChI=1S/C12H10BrN5/c1-18(9-4-2-8(6-14)3-5-9)11-10(13)7-16-12(15)17-11/h2-5,7H,1H3,(H2,15,16,17). The maximum atomic E-state index is 8.76. The van der Waals surface area contributed by atoms with Crippen LogP contribution >= 0.6 is 15.9 Å². The van der Waals surface area contributed by atoms with Crippen LogP contribution in [0.2, 0.25) is 0 Å². The zero-order chi connectivity index (χ0) is 13.1. The summed E-state index contributed by atoms with van der Waals surface area (Å²) in [6.45, 7) is 0. The predicted molar refractivity (Wildman–Crippen MR) is 73.4 cm³/mol. The minimum Gasteiger partial charge on any atom is -0.368 e. The van der Waals surface area contributed by atoms with E-state index in [1.54, 1.807) is 18.3 Å². The number of hydrogen-bond donors (Lipinski definition) is 1. The molecule has 0 radical (unpaired) electrons. The quantitative estimate of drug-likeness (QED) is 0.922. The normalized spacial score (nSPS) is 9.83. The van der Waals surface area contributed by atoms with Gasteiger partial charge in [0.25, 0.3) is 0 Å². The Morgan fingerprint density at radius 2 is 2.00 bits per heavy atom. The van der Waals surface area contributed by atoms with Crippen LogP contribution < -0.4 is 10.6 Å². The van der Waals surface area contributed by atoms with Gasteiger partial charge in [-0.3, -0.25) is 0 Å². The third-order valence-corrected chi connectivity index (χ3v) is 3.01. The van der Waals surface area contributed by atoms with E-state index in [0.29, 0.717) is 11.4 Å². The molecule has 90 valence electrons. The SMILES string of the molecule is CN(c1ccc(C#N)cc1)c1nc(N)ncc1Br. The highest BCUT2D eigenvalue weighted by Gasteiger charge is 2.10. The van der Waals surface area contributed by atoms with Crippen molar-refractivity contribution in [3.63, 3.8) is 0 Å². The number of rotatable bonds is 2. The Morgan fingerprint density at radius 1 is 1.33 bits per heavy atom. The van der Waals surface area contributed by atoms with Crippen LogP contribution in [0.1, 0.15) is 5.56 Å². The first-order valence-electron chi connectivity index (χ1n) is 5.13. The summed E-state index contributed by atoms with van der Waals surface area (Å²) in [5.41, 5.74) is 7.11. The van der Waals surface area contributed by atoms with Gasteiger partial charge in [-0.1, -0.05) is 0 Å². The lowest BCUT2D eigenvalue weighted by Crippen LogP contribution is -2.13. The fraction of sp³-hybridized carbons (Fsp3) is 0.0833. The van der Waals surface area contributed by atoms with E-state index in [-0.39, 0.29) is 5.95 Å². The lowest BCUT2D eigenvalue weighted by molar-refractivity contribution is 1.08. The second-order valence-electron chi connectivity index (χ2n) is 3.62. The van der Waals surface area contributed by atoms with E-state index < -0.39 is 0 Å². The maximum Gasteiger partial charge on any atom is 0.222 e. The zero-order valence-electron chi connectivity index (χ0n) is 9.63. The maximum absolute atomic E-state index is 8.76. The molecule has 2 rings (SSSR count). The van der Waals surface area contributed by atoms with E-state index in [1.165, 1.54) is 0 Å². The van der Waals surface area contributed by atoms with Gasteiger partial charge in [-0.2, -0.15) is 10.2 Å². The molecule has 0 aliphatic heterocycles. The fourth-order valence-electron chi connectivity index (χ4n) is 1.49. The van der Waals surface area contributed by atoms with Crippen LogP contribution in [0.4, 0.5) is 17.5 Å². The Bertz CT molecular complexity index is 603. The highest BCUT2D eigenvalue weighted by Crippen LogP contribution is 2.28. The van der Waals surface area contributed by atoms with Gasteiger partial charge in [-0.05, 0) is 40.2 Å². The summed E-state index contributed by atoms with van der Waals surface area (Å²) in [5, 5.41) is 8.76. The van der Waals surface area contributed by atoms with E-state index in [0.717, 1.165) is 10.2 Å². The van der Waals surface area contributed by atoms with Crippen LogP contribution in [0.3, 0.4) is 0 Å². The van der Waals surface area contributed by atoms with Crippen molar-refractivity contribution in [3.8, 4) is 6.07 Å². The van der Waals surface area contributed by atoms with Crippen molar-refractivity contribution in [2.75, 3.05) is 17.7 Å². The minimum absolute atomic E-state index is 0.216. The number of nitrogens with zero attached hydrogens (tertiary/aromatic N) is 4. The predicted octanol–water partition coefficient (Wildman–Crippen LogP) is 2.46. The van der Waals surface area contributed by atoms with Crippen molar-refractivity contribution >= 4 is 33.4 Å². The fourth-order valence-corrected chi connectivity index (χ4v) is 1.95. The van der Waals surface area contributed by atoms with Crippen LogP contribution in [0.5, 0.6) is 0 Å². The molecule has 0 saturated carbocycles. The minimum atomic E-state index is 0.216. The molecular formula is C12H10BrN5. The third kappa shape index (κ3) is 2.41. The highest BCUT2D eigenvalue weighted by atomic mass is 79.9. The van der Waals surface area contributed by atoms with Crippen LogP contribution in [0.15, 0.2) is 34.9 Å². The average Bonchev–Trinajstić information content (AvgIpc) is 2.41. The summed E-state index contributed by atoms with van der Waals surface area (Å²) >= 11 is 3.38. The van der Waals surface area contributed by atoms with E-state index >= 15 is 0 Å². The van der Waals surface area contributed by atoms with Crippen molar-refractivity contribution in [2.45, 2.75) is 0 Å².